The Labute approximate surface area is 105 Å². The molecule has 102 valence electrons. The largest absolute Gasteiger partial charge is 0.330 e. The van der Waals surface area contributed by atoms with Gasteiger partial charge >= 0.3 is 0 Å². The second kappa shape index (κ2) is 8.64. The maximum Gasteiger partial charge on any atom is 0.147 e. The predicted octanol–water partition coefficient (Wildman–Crippen LogP) is 1.54. The molecular formula is C12H25NO3S. The van der Waals surface area contributed by atoms with Gasteiger partial charge in [-0.1, -0.05) is 19.8 Å². The molecule has 0 fully saturated rings. The lowest BCUT2D eigenvalue weighted by Crippen LogP contribution is -2.13. The summed E-state index contributed by atoms with van der Waals surface area (Å²) in [7, 11) is -3.02. The lowest BCUT2D eigenvalue weighted by atomic mass is 9.93. The summed E-state index contributed by atoms with van der Waals surface area (Å²) < 4.78 is 21.8. The molecule has 0 aliphatic heterocycles. The first-order valence-corrected chi connectivity index (χ1v) is 8.34. The van der Waals surface area contributed by atoms with Crippen molar-refractivity contribution >= 4 is 15.6 Å². The molecular weight excluding hydrogens is 238 g/mol. The number of rotatable bonds is 10. The van der Waals surface area contributed by atoms with E-state index < -0.39 is 9.84 Å². The molecule has 0 aromatic carbocycles. The first-order valence-electron chi connectivity index (χ1n) is 6.28. The van der Waals surface area contributed by atoms with Crippen LogP contribution in [0.2, 0.25) is 0 Å². The Morgan fingerprint density at radius 3 is 2.29 bits per heavy atom. The first-order chi connectivity index (χ1) is 7.89. The zero-order valence-corrected chi connectivity index (χ0v) is 11.8. The van der Waals surface area contributed by atoms with E-state index in [0.29, 0.717) is 18.9 Å². The van der Waals surface area contributed by atoms with Crippen molar-refractivity contribution in [3.8, 4) is 0 Å². The molecule has 0 bridgehead atoms. The Balaban J connectivity index is 3.87. The average Bonchev–Trinajstić information content (AvgIpc) is 2.23. The summed E-state index contributed by atoms with van der Waals surface area (Å²) in [6.45, 7) is 2.77. The minimum Gasteiger partial charge on any atom is -0.330 e. The van der Waals surface area contributed by atoms with E-state index in [0.717, 1.165) is 31.9 Å². The Bertz CT molecular complexity index is 306. The highest BCUT2D eigenvalue weighted by molar-refractivity contribution is 7.90. The molecule has 0 saturated heterocycles. The van der Waals surface area contributed by atoms with Crippen LogP contribution in [-0.4, -0.2) is 32.8 Å². The van der Waals surface area contributed by atoms with Crippen molar-refractivity contribution in [3.05, 3.63) is 0 Å². The van der Waals surface area contributed by atoms with Gasteiger partial charge in [0.2, 0.25) is 0 Å². The van der Waals surface area contributed by atoms with Crippen molar-refractivity contribution in [2.24, 2.45) is 11.7 Å². The summed E-state index contributed by atoms with van der Waals surface area (Å²) in [5, 5.41) is 0. The third kappa shape index (κ3) is 10.5. The number of sulfone groups is 1. The molecule has 4 nitrogen and oxygen atoms in total. The zero-order valence-electron chi connectivity index (χ0n) is 10.9. The number of nitrogens with two attached hydrogens (primary N) is 1. The number of carbonyl (C=O) groups excluding carboxylic acids is 1. The van der Waals surface area contributed by atoms with E-state index in [-0.39, 0.29) is 18.0 Å². The summed E-state index contributed by atoms with van der Waals surface area (Å²) >= 11 is 0. The summed E-state index contributed by atoms with van der Waals surface area (Å²) in [6.07, 6.45) is 5.79. The monoisotopic (exact) mass is 263 g/mol. The number of ketones is 1. The van der Waals surface area contributed by atoms with Crippen LogP contribution < -0.4 is 5.73 Å². The molecule has 0 aromatic rings. The molecule has 1 atom stereocenters. The minimum absolute atomic E-state index is 0.0266. The highest BCUT2D eigenvalue weighted by Crippen LogP contribution is 2.17. The molecule has 0 saturated carbocycles. The Kier molecular flexibility index (Phi) is 8.43. The third-order valence-electron chi connectivity index (χ3n) is 2.85. The maximum atomic E-state index is 11.5. The van der Waals surface area contributed by atoms with Gasteiger partial charge in [-0.2, -0.15) is 0 Å². The molecule has 0 aliphatic rings. The van der Waals surface area contributed by atoms with Crippen LogP contribution in [0.4, 0.5) is 0 Å². The van der Waals surface area contributed by atoms with Gasteiger partial charge in [0.1, 0.15) is 15.6 Å². The predicted molar refractivity (Wildman–Crippen MR) is 70.6 cm³/mol. The molecule has 0 spiro atoms. The minimum atomic E-state index is -3.02. The van der Waals surface area contributed by atoms with Crippen LogP contribution in [-0.2, 0) is 14.6 Å². The van der Waals surface area contributed by atoms with Crippen molar-refractivity contribution in [2.45, 2.75) is 45.4 Å². The molecule has 0 amide bonds. The maximum absolute atomic E-state index is 11.5. The van der Waals surface area contributed by atoms with Gasteiger partial charge in [0.05, 0.1) is 5.75 Å². The Morgan fingerprint density at radius 1 is 1.18 bits per heavy atom. The number of hydrogen-bond donors (Lipinski definition) is 1. The van der Waals surface area contributed by atoms with E-state index in [9.17, 15) is 13.2 Å². The van der Waals surface area contributed by atoms with Crippen LogP contribution in [0.5, 0.6) is 0 Å². The van der Waals surface area contributed by atoms with E-state index in [1.807, 2.05) is 0 Å². The standard InChI is InChI=1S/C12H25NO3S/c1-3-4-11(7-9-13)5-6-12(14)8-10-17(2,15)16/h11H,3-10,13H2,1-2H3. The lowest BCUT2D eigenvalue weighted by Gasteiger charge is -2.14. The fraction of sp³-hybridized carbons (Fsp3) is 0.917. The fourth-order valence-electron chi connectivity index (χ4n) is 1.87. The van der Waals surface area contributed by atoms with Gasteiger partial charge < -0.3 is 5.73 Å². The van der Waals surface area contributed by atoms with Crippen molar-refractivity contribution in [3.63, 3.8) is 0 Å². The highest BCUT2D eigenvalue weighted by Gasteiger charge is 2.12. The average molecular weight is 263 g/mol. The summed E-state index contributed by atoms with van der Waals surface area (Å²) in [5.74, 6) is 0.530. The smallest absolute Gasteiger partial charge is 0.147 e. The molecule has 0 rings (SSSR count). The summed E-state index contributed by atoms with van der Waals surface area (Å²) in [4.78, 5) is 11.5. The highest BCUT2D eigenvalue weighted by atomic mass is 32.2. The van der Waals surface area contributed by atoms with Gasteiger partial charge in [-0.15, -0.1) is 0 Å². The second-order valence-electron chi connectivity index (χ2n) is 4.69. The quantitative estimate of drug-likeness (QED) is 0.648. The van der Waals surface area contributed by atoms with Crippen LogP contribution in [0.3, 0.4) is 0 Å². The molecule has 2 N–H and O–H groups in total. The summed E-state index contributed by atoms with van der Waals surface area (Å²) in [6, 6.07) is 0. The number of hydrogen-bond acceptors (Lipinski definition) is 4. The third-order valence-corrected chi connectivity index (χ3v) is 3.80. The van der Waals surface area contributed by atoms with E-state index >= 15 is 0 Å². The molecule has 0 radical (unpaired) electrons. The zero-order chi connectivity index (χ0) is 13.3. The van der Waals surface area contributed by atoms with Gasteiger partial charge in [-0.25, -0.2) is 8.42 Å². The Morgan fingerprint density at radius 2 is 1.82 bits per heavy atom. The molecule has 0 aliphatic carbocycles. The molecule has 17 heavy (non-hydrogen) atoms. The van der Waals surface area contributed by atoms with Crippen molar-refractivity contribution < 1.29 is 13.2 Å². The topological polar surface area (TPSA) is 77.2 Å². The van der Waals surface area contributed by atoms with Crippen LogP contribution >= 0.6 is 0 Å². The van der Waals surface area contributed by atoms with Crippen LogP contribution in [0.1, 0.15) is 45.4 Å². The second-order valence-corrected chi connectivity index (χ2v) is 6.95. The van der Waals surface area contributed by atoms with Crippen LogP contribution in [0.15, 0.2) is 0 Å². The normalized spacial score (nSPS) is 13.6. The van der Waals surface area contributed by atoms with Gasteiger partial charge in [0.15, 0.2) is 0 Å². The molecule has 1 unspecified atom stereocenters. The summed E-state index contributed by atoms with van der Waals surface area (Å²) in [5.41, 5.74) is 5.52. The first kappa shape index (κ1) is 16.6. The van der Waals surface area contributed by atoms with E-state index in [4.69, 9.17) is 5.73 Å². The number of carbonyl (C=O) groups is 1. The van der Waals surface area contributed by atoms with Crippen molar-refractivity contribution in [2.75, 3.05) is 18.6 Å². The van der Waals surface area contributed by atoms with Gasteiger partial charge in [-0.3, -0.25) is 4.79 Å². The van der Waals surface area contributed by atoms with Gasteiger partial charge in [0.25, 0.3) is 0 Å². The SMILES string of the molecule is CCCC(CCN)CCC(=O)CCS(C)(=O)=O. The van der Waals surface area contributed by atoms with Crippen molar-refractivity contribution in [1.29, 1.82) is 0 Å². The molecule has 0 heterocycles. The fourth-order valence-corrected chi connectivity index (χ4v) is 2.46. The van der Waals surface area contributed by atoms with Gasteiger partial charge in [-0.05, 0) is 25.3 Å². The molecule has 5 heteroatoms. The molecule has 0 aromatic heterocycles. The van der Waals surface area contributed by atoms with Crippen LogP contribution in [0.25, 0.3) is 0 Å². The van der Waals surface area contributed by atoms with Crippen LogP contribution in [0, 0.1) is 5.92 Å². The van der Waals surface area contributed by atoms with Gasteiger partial charge in [0, 0.05) is 19.1 Å². The number of Topliss-reactive ketones (excluding diaryl/α,β-unsaturated/α-hetero) is 1. The Hall–Kier alpha value is -0.420. The van der Waals surface area contributed by atoms with Crippen molar-refractivity contribution in [1.82, 2.24) is 0 Å². The van der Waals surface area contributed by atoms with E-state index in [2.05, 4.69) is 6.92 Å². The van der Waals surface area contributed by atoms with E-state index in [1.165, 1.54) is 0 Å². The van der Waals surface area contributed by atoms with E-state index in [1.54, 1.807) is 0 Å². The lowest BCUT2D eigenvalue weighted by molar-refractivity contribution is -0.119.